The van der Waals surface area contributed by atoms with E-state index in [0.717, 1.165) is 62.8 Å². The monoisotopic (exact) mass is 514 g/mol. The third kappa shape index (κ3) is 3.92. The number of aromatic hydroxyl groups is 1. The second-order valence-corrected chi connectivity index (χ2v) is 11.1. The molecule has 3 saturated heterocycles. The summed E-state index contributed by atoms with van der Waals surface area (Å²) in [6.07, 6.45) is 4.99. The number of hydrogen-bond acceptors (Lipinski definition) is 8. The zero-order chi connectivity index (χ0) is 25.9. The van der Waals surface area contributed by atoms with Crippen molar-refractivity contribution in [3.63, 3.8) is 0 Å². The van der Waals surface area contributed by atoms with E-state index in [9.17, 15) is 5.11 Å². The maximum atomic E-state index is 16.3. The van der Waals surface area contributed by atoms with Gasteiger partial charge in [-0.3, -0.25) is 4.98 Å². The molecule has 3 fully saturated rings. The molecule has 4 aromatic rings. The SMILES string of the molecule is CN1CCCC1COc1nc(N2CC3(CCNC3)C2)c2cnc(-c3cc(O)cc4ccccc34)c(F)c2n1. The number of phenols is 1. The highest BCUT2D eigenvalue weighted by Crippen LogP contribution is 2.42. The number of rotatable bonds is 5. The van der Waals surface area contributed by atoms with Crippen molar-refractivity contribution in [1.29, 1.82) is 0 Å². The molecule has 1 unspecified atom stereocenters. The number of nitrogens with one attached hydrogen (secondary N) is 1. The van der Waals surface area contributed by atoms with Crippen molar-refractivity contribution in [2.45, 2.75) is 25.3 Å². The highest BCUT2D eigenvalue weighted by Gasteiger charge is 2.46. The minimum absolute atomic E-state index is 0.0594. The first-order valence-corrected chi connectivity index (χ1v) is 13.4. The summed E-state index contributed by atoms with van der Waals surface area (Å²) < 4.78 is 22.4. The van der Waals surface area contributed by atoms with E-state index in [2.05, 4.69) is 32.1 Å². The van der Waals surface area contributed by atoms with Gasteiger partial charge in [-0.05, 0) is 62.3 Å². The van der Waals surface area contributed by atoms with Gasteiger partial charge in [0.15, 0.2) is 5.82 Å². The van der Waals surface area contributed by atoms with Crippen LogP contribution < -0.4 is 15.0 Å². The van der Waals surface area contributed by atoms with Crippen LogP contribution in [0.1, 0.15) is 19.3 Å². The van der Waals surface area contributed by atoms with Crippen molar-refractivity contribution < 1.29 is 14.2 Å². The Kier molecular flexibility index (Phi) is 5.59. The summed E-state index contributed by atoms with van der Waals surface area (Å²) in [5, 5.41) is 16.0. The Morgan fingerprint density at radius 3 is 2.84 bits per heavy atom. The Morgan fingerprint density at radius 1 is 1.18 bits per heavy atom. The largest absolute Gasteiger partial charge is 0.508 e. The van der Waals surface area contributed by atoms with Gasteiger partial charge in [0.2, 0.25) is 0 Å². The first-order chi connectivity index (χ1) is 18.5. The van der Waals surface area contributed by atoms with Gasteiger partial charge in [-0.25, -0.2) is 4.39 Å². The lowest BCUT2D eigenvalue weighted by atomic mass is 9.79. The predicted molar refractivity (Wildman–Crippen MR) is 145 cm³/mol. The Bertz CT molecular complexity index is 1530. The summed E-state index contributed by atoms with van der Waals surface area (Å²) in [5.41, 5.74) is 1.11. The lowest BCUT2D eigenvalue weighted by molar-refractivity contribution is 0.187. The van der Waals surface area contributed by atoms with Crippen molar-refractivity contribution in [3.8, 4) is 23.0 Å². The number of pyridine rings is 1. The summed E-state index contributed by atoms with van der Waals surface area (Å²) in [6.45, 7) is 5.24. The normalized spacial score (nSPS) is 21.0. The molecule has 38 heavy (non-hydrogen) atoms. The van der Waals surface area contributed by atoms with Gasteiger partial charge in [-0.15, -0.1) is 0 Å². The molecule has 0 radical (unpaired) electrons. The number of ether oxygens (including phenoxy) is 1. The molecule has 3 aliphatic rings. The first-order valence-electron chi connectivity index (χ1n) is 13.4. The topological polar surface area (TPSA) is 86.6 Å². The smallest absolute Gasteiger partial charge is 0.319 e. The standard InChI is InChI=1S/C29H31FN6O2/c1-35-10-4-6-19(35)14-38-28-33-26-23(27(34-28)36-16-29(17-36)8-9-31-15-29)13-32-25(24(26)30)22-12-20(37)11-18-5-2-3-7-21(18)22/h2-3,5,7,11-13,19,31,37H,4,6,8-10,14-17H2,1H3. The number of anilines is 1. The molecular weight excluding hydrogens is 483 g/mol. The Labute approximate surface area is 220 Å². The van der Waals surface area contributed by atoms with Gasteiger partial charge in [0.1, 0.15) is 29.4 Å². The number of phenolic OH excluding ortho intramolecular Hbond substituents is 1. The summed E-state index contributed by atoms with van der Waals surface area (Å²) in [6, 6.07) is 11.3. The second kappa shape index (κ2) is 9.03. The third-order valence-corrected chi connectivity index (χ3v) is 8.51. The van der Waals surface area contributed by atoms with Gasteiger partial charge in [-0.2, -0.15) is 9.97 Å². The molecule has 2 aromatic heterocycles. The van der Waals surface area contributed by atoms with Gasteiger partial charge in [-0.1, -0.05) is 24.3 Å². The molecule has 0 bridgehead atoms. The van der Waals surface area contributed by atoms with E-state index in [1.165, 1.54) is 0 Å². The lowest BCUT2D eigenvalue weighted by Gasteiger charge is -2.48. The van der Waals surface area contributed by atoms with Crippen molar-refractivity contribution in [2.24, 2.45) is 5.41 Å². The zero-order valence-electron chi connectivity index (χ0n) is 21.5. The molecule has 0 saturated carbocycles. The van der Waals surface area contributed by atoms with Crippen LogP contribution in [0.25, 0.3) is 32.9 Å². The maximum Gasteiger partial charge on any atom is 0.319 e. The number of nitrogens with zero attached hydrogens (tertiary/aromatic N) is 5. The van der Waals surface area contributed by atoms with Crippen LogP contribution in [-0.2, 0) is 0 Å². The van der Waals surface area contributed by atoms with Crippen LogP contribution in [-0.4, -0.2) is 77.4 Å². The molecule has 2 N–H and O–H groups in total. The molecule has 196 valence electrons. The fourth-order valence-corrected chi connectivity index (χ4v) is 6.34. The number of hydrogen-bond donors (Lipinski definition) is 2. The third-order valence-electron chi connectivity index (χ3n) is 8.51. The number of likely N-dealkylation sites (tertiary alicyclic amines) is 1. The summed E-state index contributed by atoms with van der Waals surface area (Å²) in [7, 11) is 2.10. The van der Waals surface area contributed by atoms with Gasteiger partial charge < -0.3 is 25.0 Å². The lowest BCUT2D eigenvalue weighted by Crippen LogP contribution is -2.57. The number of aromatic nitrogens is 3. The van der Waals surface area contributed by atoms with Crippen molar-refractivity contribution in [1.82, 2.24) is 25.2 Å². The van der Waals surface area contributed by atoms with E-state index in [1.54, 1.807) is 18.3 Å². The van der Waals surface area contributed by atoms with Crippen molar-refractivity contribution >= 4 is 27.5 Å². The number of fused-ring (bicyclic) bond motifs is 2. The minimum atomic E-state index is -0.539. The van der Waals surface area contributed by atoms with Crippen molar-refractivity contribution in [2.75, 3.05) is 51.3 Å². The quantitative estimate of drug-likeness (QED) is 0.414. The number of benzene rings is 2. The molecule has 1 atom stereocenters. The summed E-state index contributed by atoms with van der Waals surface area (Å²) in [5.74, 6) is 0.188. The zero-order valence-corrected chi connectivity index (χ0v) is 21.5. The van der Waals surface area contributed by atoms with Crippen LogP contribution in [0.4, 0.5) is 10.2 Å². The molecule has 0 aliphatic carbocycles. The Hall–Kier alpha value is -3.56. The first kappa shape index (κ1) is 23.5. The summed E-state index contributed by atoms with van der Waals surface area (Å²) in [4.78, 5) is 18.4. The van der Waals surface area contributed by atoms with E-state index in [1.807, 2.05) is 24.3 Å². The van der Waals surface area contributed by atoms with E-state index in [0.29, 0.717) is 29.4 Å². The molecule has 0 amide bonds. The molecule has 8 nitrogen and oxygen atoms in total. The van der Waals surface area contributed by atoms with Gasteiger partial charge in [0.25, 0.3) is 0 Å². The van der Waals surface area contributed by atoms with Gasteiger partial charge in [0.05, 0.1) is 5.39 Å². The van der Waals surface area contributed by atoms with Crippen molar-refractivity contribution in [3.05, 3.63) is 48.4 Å². The van der Waals surface area contributed by atoms with E-state index in [4.69, 9.17) is 9.72 Å². The molecular formula is C29H31FN6O2. The van der Waals surface area contributed by atoms with E-state index in [-0.39, 0.29) is 28.4 Å². The highest BCUT2D eigenvalue weighted by molar-refractivity contribution is 6.00. The molecule has 2 aromatic carbocycles. The fourth-order valence-electron chi connectivity index (χ4n) is 6.34. The van der Waals surface area contributed by atoms with E-state index >= 15 is 4.39 Å². The molecule has 9 heteroatoms. The number of likely N-dealkylation sites (N-methyl/N-ethyl adjacent to an activating group) is 1. The van der Waals surface area contributed by atoms with Gasteiger partial charge in [0, 0.05) is 42.9 Å². The fraction of sp³-hybridized carbons (Fsp3) is 0.414. The van der Waals surface area contributed by atoms with Crippen LogP contribution in [0.2, 0.25) is 0 Å². The maximum absolute atomic E-state index is 16.3. The average Bonchev–Trinajstić information content (AvgIpc) is 3.56. The Balaban J connectivity index is 1.33. The molecule has 1 spiro atoms. The van der Waals surface area contributed by atoms with Crippen LogP contribution in [0, 0.1) is 11.2 Å². The second-order valence-electron chi connectivity index (χ2n) is 11.1. The van der Waals surface area contributed by atoms with Crippen LogP contribution in [0.3, 0.4) is 0 Å². The molecule has 7 rings (SSSR count). The average molecular weight is 515 g/mol. The Morgan fingerprint density at radius 2 is 2.05 bits per heavy atom. The molecule has 5 heterocycles. The molecule has 3 aliphatic heterocycles. The van der Waals surface area contributed by atoms with Crippen LogP contribution >= 0.6 is 0 Å². The summed E-state index contributed by atoms with van der Waals surface area (Å²) >= 11 is 0. The van der Waals surface area contributed by atoms with Crippen LogP contribution in [0.5, 0.6) is 11.8 Å². The van der Waals surface area contributed by atoms with Crippen LogP contribution in [0.15, 0.2) is 42.6 Å². The minimum Gasteiger partial charge on any atom is -0.508 e. The highest BCUT2D eigenvalue weighted by atomic mass is 19.1. The van der Waals surface area contributed by atoms with Gasteiger partial charge >= 0.3 is 6.01 Å². The predicted octanol–water partition coefficient (Wildman–Crippen LogP) is 3.96. The van der Waals surface area contributed by atoms with E-state index < -0.39 is 5.82 Å². The number of halogens is 1.